The molecular formula is C14H17F2NO2S. The van der Waals surface area contributed by atoms with Crippen LogP contribution in [0.15, 0.2) is 23.1 Å². The van der Waals surface area contributed by atoms with Gasteiger partial charge in [0, 0.05) is 23.6 Å². The third kappa shape index (κ3) is 3.70. The summed E-state index contributed by atoms with van der Waals surface area (Å²) >= 11 is 1.32. The Morgan fingerprint density at radius 2 is 2.20 bits per heavy atom. The number of hydrogen-bond acceptors (Lipinski definition) is 3. The van der Waals surface area contributed by atoms with Crippen LogP contribution in [0.4, 0.5) is 8.78 Å². The van der Waals surface area contributed by atoms with E-state index in [0.717, 1.165) is 25.0 Å². The van der Waals surface area contributed by atoms with Gasteiger partial charge in [0.1, 0.15) is 0 Å². The molecule has 0 spiro atoms. The van der Waals surface area contributed by atoms with Gasteiger partial charge in [-0.1, -0.05) is 0 Å². The Morgan fingerprint density at radius 1 is 1.40 bits per heavy atom. The van der Waals surface area contributed by atoms with Gasteiger partial charge in [-0.3, -0.25) is 4.79 Å². The van der Waals surface area contributed by atoms with Crippen LogP contribution >= 0.6 is 11.8 Å². The standard InChI is InChI=1S/C14H17F2NO2S/c15-12-4-3-11(8-13(12)16)20-7-5-14(19)17-6-1-2-10(17)9-18/h3-4,8,10,18H,1-2,5-7,9H2/t10-/m0/s1. The number of rotatable bonds is 5. The van der Waals surface area contributed by atoms with Crippen LogP contribution in [0.5, 0.6) is 0 Å². The highest BCUT2D eigenvalue weighted by Crippen LogP contribution is 2.23. The number of amides is 1. The molecule has 0 radical (unpaired) electrons. The van der Waals surface area contributed by atoms with Gasteiger partial charge in [0.2, 0.25) is 5.91 Å². The summed E-state index contributed by atoms with van der Waals surface area (Å²) in [6.07, 6.45) is 2.10. The van der Waals surface area contributed by atoms with Gasteiger partial charge in [-0.2, -0.15) is 0 Å². The predicted octanol–water partition coefficient (Wildman–Crippen LogP) is 2.43. The Bertz CT molecular complexity index is 484. The molecule has 0 unspecified atom stereocenters. The van der Waals surface area contributed by atoms with E-state index in [-0.39, 0.29) is 18.6 Å². The topological polar surface area (TPSA) is 40.5 Å². The van der Waals surface area contributed by atoms with Crippen LogP contribution < -0.4 is 0 Å². The quantitative estimate of drug-likeness (QED) is 0.849. The van der Waals surface area contributed by atoms with E-state index in [2.05, 4.69) is 0 Å². The molecule has 1 atom stereocenters. The minimum absolute atomic E-state index is 0.00204. The molecule has 3 nitrogen and oxygen atoms in total. The largest absolute Gasteiger partial charge is 0.394 e. The monoisotopic (exact) mass is 301 g/mol. The van der Waals surface area contributed by atoms with Crippen LogP contribution in [0.2, 0.25) is 0 Å². The molecular weight excluding hydrogens is 284 g/mol. The molecule has 1 amide bonds. The van der Waals surface area contributed by atoms with Crippen LogP contribution in [-0.4, -0.2) is 40.9 Å². The molecule has 0 bridgehead atoms. The third-order valence-electron chi connectivity index (χ3n) is 3.38. The maximum absolute atomic E-state index is 13.0. The number of halogens is 2. The number of carbonyl (C=O) groups is 1. The van der Waals surface area contributed by atoms with Crippen molar-refractivity contribution in [1.82, 2.24) is 4.90 Å². The van der Waals surface area contributed by atoms with Crippen molar-refractivity contribution in [3.63, 3.8) is 0 Å². The van der Waals surface area contributed by atoms with E-state index in [1.165, 1.54) is 17.8 Å². The fourth-order valence-electron chi connectivity index (χ4n) is 2.32. The maximum atomic E-state index is 13.0. The molecule has 1 heterocycles. The molecule has 1 fully saturated rings. The zero-order chi connectivity index (χ0) is 14.5. The van der Waals surface area contributed by atoms with Gasteiger partial charge < -0.3 is 10.0 Å². The minimum atomic E-state index is -0.874. The summed E-state index contributed by atoms with van der Waals surface area (Å²) < 4.78 is 25.8. The van der Waals surface area contributed by atoms with Gasteiger partial charge in [0.15, 0.2) is 11.6 Å². The minimum Gasteiger partial charge on any atom is -0.394 e. The van der Waals surface area contributed by atoms with Crippen molar-refractivity contribution >= 4 is 17.7 Å². The molecule has 1 N–H and O–H groups in total. The lowest BCUT2D eigenvalue weighted by molar-refractivity contribution is -0.132. The lowest BCUT2D eigenvalue weighted by Crippen LogP contribution is -2.37. The average Bonchev–Trinajstić information content (AvgIpc) is 2.91. The number of benzene rings is 1. The number of aliphatic hydroxyl groups excluding tert-OH is 1. The van der Waals surface area contributed by atoms with Crippen LogP contribution in [0, 0.1) is 11.6 Å². The van der Waals surface area contributed by atoms with E-state index in [1.54, 1.807) is 4.90 Å². The first-order chi connectivity index (χ1) is 9.61. The Morgan fingerprint density at radius 3 is 2.90 bits per heavy atom. The number of nitrogens with zero attached hydrogens (tertiary/aromatic N) is 1. The Hall–Kier alpha value is -1.14. The fraction of sp³-hybridized carbons (Fsp3) is 0.500. The van der Waals surface area contributed by atoms with Gasteiger partial charge in [0.25, 0.3) is 0 Å². The molecule has 0 saturated carbocycles. The summed E-state index contributed by atoms with van der Waals surface area (Å²) in [5, 5.41) is 9.17. The zero-order valence-corrected chi connectivity index (χ0v) is 11.8. The normalized spacial score (nSPS) is 18.6. The third-order valence-corrected chi connectivity index (χ3v) is 4.38. The van der Waals surface area contributed by atoms with Crippen LogP contribution in [0.1, 0.15) is 19.3 Å². The number of aliphatic hydroxyl groups is 1. The van der Waals surface area contributed by atoms with E-state index in [0.29, 0.717) is 23.6 Å². The number of likely N-dealkylation sites (tertiary alicyclic amines) is 1. The van der Waals surface area contributed by atoms with E-state index in [4.69, 9.17) is 5.11 Å². The molecule has 0 aliphatic carbocycles. The van der Waals surface area contributed by atoms with Gasteiger partial charge >= 0.3 is 0 Å². The van der Waals surface area contributed by atoms with Crippen LogP contribution in [-0.2, 0) is 4.79 Å². The van der Waals surface area contributed by atoms with Crippen molar-refractivity contribution < 1.29 is 18.7 Å². The Kier molecular flexibility index (Phi) is 5.37. The van der Waals surface area contributed by atoms with Crippen molar-refractivity contribution in [2.24, 2.45) is 0 Å². The molecule has 1 aromatic carbocycles. The fourth-order valence-corrected chi connectivity index (χ4v) is 3.18. The lowest BCUT2D eigenvalue weighted by atomic mass is 10.2. The molecule has 1 aliphatic rings. The molecule has 1 aromatic rings. The van der Waals surface area contributed by atoms with Crippen molar-refractivity contribution in [2.45, 2.75) is 30.2 Å². The highest BCUT2D eigenvalue weighted by Gasteiger charge is 2.27. The second-order valence-electron chi connectivity index (χ2n) is 4.74. The van der Waals surface area contributed by atoms with Crippen molar-refractivity contribution in [3.8, 4) is 0 Å². The van der Waals surface area contributed by atoms with E-state index in [9.17, 15) is 13.6 Å². The van der Waals surface area contributed by atoms with Gasteiger partial charge in [-0.25, -0.2) is 8.78 Å². The van der Waals surface area contributed by atoms with Gasteiger partial charge in [-0.05, 0) is 31.0 Å². The smallest absolute Gasteiger partial charge is 0.223 e. The molecule has 6 heteroatoms. The molecule has 110 valence electrons. The maximum Gasteiger partial charge on any atom is 0.223 e. The number of thioether (sulfide) groups is 1. The zero-order valence-electron chi connectivity index (χ0n) is 11.0. The number of hydrogen-bond donors (Lipinski definition) is 1. The van der Waals surface area contributed by atoms with E-state index < -0.39 is 11.6 Å². The second-order valence-corrected chi connectivity index (χ2v) is 5.91. The molecule has 1 aliphatic heterocycles. The highest BCUT2D eigenvalue weighted by molar-refractivity contribution is 7.99. The second kappa shape index (κ2) is 7.04. The Labute approximate surface area is 121 Å². The van der Waals surface area contributed by atoms with Crippen molar-refractivity contribution in [2.75, 3.05) is 18.9 Å². The van der Waals surface area contributed by atoms with Crippen molar-refractivity contribution in [3.05, 3.63) is 29.8 Å². The SMILES string of the molecule is O=C(CCSc1ccc(F)c(F)c1)N1CCC[C@H]1CO. The summed E-state index contributed by atoms with van der Waals surface area (Å²) in [7, 11) is 0. The van der Waals surface area contributed by atoms with E-state index >= 15 is 0 Å². The summed E-state index contributed by atoms with van der Waals surface area (Å²) in [6.45, 7) is 0.696. The first-order valence-electron chi connectivity index (χ1n) is 6.60. The average molecular weight is 301 g/mol. The summed E-state index contributed by atoms with van der Waals surface area (Å²) in [6, 6.07) is 3.66. The summed E-state index contributed by atoms with van der Waals surface area (Å²) in [5.41, 5.74) is 0. The summed E-state index contributed by atoms with van der Waals surface area (Å²) in [5.74, 6) is -1.22. The van der Waals surface area contributed by atoms with Crippen molar-refractivity contribution in [1.29, 1.82) is 0 Å². The highest BCUT2D eigenvalue weighted by atomic mass is 32.2. The first-order valence-corrected chi connectivity index (χ1v) is 7.58. The number of carbonyl (C=O) groups excluding carboxylic acids is 1. The van der Waals surface area contributed by atoms with Gasteiger partial charge in [-0.15, -0.1) is 11.8 Å². The van der Waals surface area contributed by atoms with Crippen LogP contribution in [0.3, 0.4) is 0 Å². The lowest BCUT2D eigenvalue weighted by Gasteiger charge is -2.22. The molecule has 2 rings (SSSR count). The summed E-state index contributed by atoms with van der Waals surface area (Å²) in [4.78, 5) is 14.3. The van der Waals surface area contributed by atoms with Gasteiger partial charge in [0.05, 0.1) is 12.6 Å². The molecule has 0 aromatic heterocycles. The molecule has 1 saturated heterocycles. The van der Waals surface area contributed by atoms with E-state index in [1.807, 2.05) is 0 Å². The molecule has 20 heavy (non-hydrogen) atoms. The predicted molar refractivity (Wildman–Crippen MR) is 73.5 cm³/mol. The Balaban J connectivity index is 1.80. The first kappa shape index (κ1) is 15.3. The van der Waals surface area contributed by atoms with Crippen LogP contribution in [0.25, 0.3) is 0 Å².